The summed E-state index contributed by atoms with van der Waals surface area (Å²) in [7, 11) is 0. The summed E-state index contributed by atoms with van der Waals surface area (Å²) in [5, 5.41) is 0. The van der Waals surface area contributed by atoms with Crippen LogP contribution >= 0.6 is 0 Å². The van der Waals surface area contributed by atoms with Crippen LogP contribution in [-0.2, 0) is 4.74 Å². The van der Waals surface area contributed by atoms with Gasteiger partial charge in [-0.2, -0.15) is 0 Å². The van der Waals surface area contributed by atoms with Gasteiger partial charge < -0.3 is 4.74 Å². The number of hydrogen-bond donors (Lipinski definition) is 0. The van der Waals surface area contributed by atoms with Crippen molar-refractivity contribution in [1.82, 2.24) is 0 Å². The molecule has 0 aromatic heterocycles. The molecule has 0 aromatic rings. The molecule has 1 aliphatic rings. The van der Waals surface area contributed by atoms with Crippen LogP contribution in [0.15, 0.2) is 12.7 Å². The fourth-order valence-electron chi connectivity index (χ4n) is 1.76. The first-order valence-corrected chi connectivity index (χ1v) is 4.33. The fraction of sp³-hybridized carbons (Fsp3) is 0.800. The average molecular weight is 154 g/mol. The highest BCUT2D eigenvalue weighted by Gasteiger charge is 2.35. The van der Waals surface area contributed by atoms with E-state index in [-0.39, 0.29) is 5.41 Å². The third kappa shape index (κ3) is 1.64. The number of hydrogen-bond acceptors (Lipinski definition) is 1. The lowest BCUT2D eigenvalue weighted by Crippen LogP contribution is -2.30. The zero-order valence-electron chi connectivity index (χ0n) is 7.76. The second-order valence-electron chi connectivity index (χ2n) is 4.08. The van der Waals surface area contributed by atoms with Gasteiger partial charge in [-0.25, -0.2) is 0 Å². The fourth-order valence-corrected chi connectivity index (χ4v) is 1.76. The van der Waals surface area contributed by atoms with E-state index in [4.69, 9.17) is 4.74 Å². The van der Waals surface area contributed by atoms with Crippen molar-refractivity contribution in [3.05, 3.63) is 12.7 Å². The van der Waals surface area contributed by atoms with Gasteiger partial charge in [0.25, 0.3) is 0 Å². The van der Waals surface area contributed by atoms with Crippen LogP contribution in [0.1, 0.15) is 27.2 Å². The van der Waals surface area contributed by atoms with Crippen molar-refractivity contribution in [2.24, 2.45) is 11.3 Å². The largest absolute Gasteiger partial charge is 0.377 e. The monoisotopic (exact) mass is 154 g/mol. The van der Waals surface area contributed by atoms with Gasteiger partial charge in [0.1, 0.15) is 0 Å². The molecule has 1 heterocycles. The van der Waals surface area contributed by atoms with Crippen molar-refractivity contribution < 1.29 is 4.74 Å². The van der Waals surface area contributed by atoms with Gasteiger partial charge in [0, 0.05) is 12.0 Å². The van der Waals surface area contributed by atoms with E-state index in [1.165, 1.54) is 6.42 Å². The van der Waals surface area contributed by atoms with Crippen LogP contribution in [0, 0.1) is 11.3 Å². The highest BCUT2D eigenvalue weighted by molar-refractivity contribution is 4.97. The van der Waals surface area contributed by atoms with Crippen molar-refractivity contribution in [2.75, 3.05) is 6.61 Å². The van der Waals surface area contributed by atoms with Gasteiger partial charge in [-0.3, -0.25) is 0 Å². The topological polar surface area (TPSA) is 9.23 Å². The zero-order valence-corrected chi connectivity index (χ0v) is 7.76. The van der Waals surface area contributed by atoms with Gasteiger partial charge in [-0.1, -0.05) is 26.8 Å². The quantitative estimate of drug-likeness (QED) is 0.555. The summed E-state index contributed by atoms with van der Waals surface area (Å²) in [4.78, 5) is 0. The lowest BCUT2D eigenvalue weighted by Gasteiger charge is -2.30. The Kier molecular flexibility index (Phi) is 2.38. The van der Waals surface area contributed by atoms with Crippen LogP contribution < -0.4 is 0 Å². The Hall–Kier alpha value is -0.300. The van der Waals surface area contributed by atoms with Gasteiger partial charge in [0.05, 0.1) is 6.10 Å². The second-order valence-corrected chi connectivity index (χ2v) is 4.08. The van der Waals surface area contributed by atoms with E-state index in [0.717, 1.165) is 6.61 Å². The lowest BCUT2D eigenvalue weighted by molar-refractivity contribution is 0.0251. The first-order chi connectivity index (χ1) is 5.08. The Balaban J connectivity index is 2.65. The predicted octanol–water partition coefficient (Wildman–Crippen LogP) is 2.62. The highest BCUT2D eigenvalue weighted by Crippen LogP contribution is 2.35. The van der Waals surface area contributed by atoms with Crippen molar-refractivity contribution in [3.63, 3.8) is 0 Å². The summed E-state index contributed by atoms with van der Waals surface area (Å²) in [6.07, 6.45) is 3.57. The van der Waals surface area contributed by atoms with Gasteiger partial charge in [-0.05, 0) is 12.3 Å². The first kappa shape index (κ1) is 8.79. The van der Waals surface area contributed by atoms with Crippen LogP contribution in [0.3, 0.4) is 0 Å². The van der Waals surface area contributed by atoms with Gasteiger partial charge in [0.15, 0.2) is 0 Å². The maximum absolute atomic E-state index is 5.65. The molecule has 0 aliphatic carbocycles. The molecule has 0 bridgehead atoms. The Morgan fingerprint density at radius 2 is 2.18 bits per heavy atom. The molecule has 1 heteroatoms. The molecule has 11 heavy (non-hydrogen) atoms. The summed E-state index contributed by atoms with van der Waals surface area (Å²) in [5.74, 6) is 0.683. The van der Waals surface area contributed by atoms with Crippen molar-refractivity contribution in [2.45, 2.75) is 33.3 Å². The molecule has 0 aromatic carbocycles. The van der Waals surface area contributed by atoms with E-state index in [2.05, 4.69) is 27.4 Å². The van der Waals surface area contributed by atoms with Crippen LogP contribution in [0.2, 0.25) is 0 Å². The molecule has 0 radical (unpaired) electrons. The highest BCUT2D eigenvalue weighted by atomic mass is 16.5. The van der Waals surface area contributed by atoms with Gasteiger partial charge >= 0.3 is 0 Å². The SMILES string of the molecule is C=CC(C)(C)C1OCCC1C. The lowest BCUT2D eigenvalue weighted by atomic mass is 9.80. The maximum atomic E-state index is 5.65. The predicted molar refractivity (Wildman–Crippen MR) is 47.5 cm³/mol. The molecule has 1 fully saturated rings. The van der Waals surface area contributed by atoms with E-state index in [0.29, 0.717) is 12.0 Å². The molecular formula is C10H18O. The molecule has 0 amide bonds. The third-order valence-electron chi connectivity index (χ3n) is 2.65. The minimum absolute atomic E-state index is 0.135. The summed E-state index contributed by atoms with van der Waals surface area (Å²) in [5.41, 5.74) is 0.135. The molecule has 64 valence electrons. The van der Waals surface area contributed by atoms with E-state index >= 15 is 0 Å². The van der Waals surface area contributed by atoms with E-state index < -0.39 is 0 Å². The Morgan fingerprint density at radius 1 is 1.55 bits per heavy atom. The van der Waals surface area contributed by atoms with Crippen molar-refractivity contribution >= 4 is 0 Å². The smallest absolute Gasteiger partial charge is 0.0686 e. The summed E-state index contributed by atoms with van der Waals surface area (Å²) in [6.45, 7) is 11.4. The van der Waals surface area contributed by atoms with Gasteiger partial charge in [-0.15, -0.1) is 6.58 Å². The zero-order chi connectivity index (χ0) is 8.48. The number of ether oxygens (including phenoxy) is 1. The summed E-state index contributed by atoms with van der Waals surface area (Å²) < 4.78 is 5.65. The molecule has 0 spiro atoms. The molecule has 1 aliphatic heterocycles. The van der Waals surface area contributed by atoms with E-state index in [1.54, 1.807) is 0 Å². The Morgan fingerprint density at radius 3 is 2.55 bits per heavy atom. The Bertz CT molecular complexity index is 149. The normalized spacial score (nSPS) is 32.3. The minimum atomic E-state index is 0.135. The Labute approximate surface area is 69.4 Å². The van der Waals surface area contributed by atoms with Crippen LogP contribution in [0.25, 0.3) is 0 Å². The van der Waals surface area contributed by atoms with Crippen molar-refractivity contribution in [3.8, 4) is 0 Å². The minimum Gasteiger partial charge on any atom is -0.377 e. The van der Waals surface area contributed by atoms with E-state index in [9.17, 15) is 0 Å². The van der Waals surface area contributed by atoms with Crippen LogP contribution in [0.5, 0.6) is 0 Å². The standard InChI is InChI=1S/C10H18O/c1-5-10(3,4)9-8(2)6-7-11-9/h5,8-9H,1,6-7H2,2-4H3. The summed E-state index contributed by atoms with van der Waals surface area (Å²) in [6, 6.07) is 0. The van der Waals surface area contributed by atoms with E-state index in [1.807, 2.05) is 6.08 Å². The molecule has 0 N–H and O–H groups in total. The molecule has 1 rings (SSSR count). The van der Waals surface area contributed by atoms with Crippen molar-refractivity contribution in [1.29, 1.82) is 0 Å². The molecule has 0 saturated carbocycles. The molecule has 1 nitrogen and oxygen atoms in total. The van der Waals surface area contributed by atoms with Crippen LogP contribution in [-0.4, -0.2) is 12.7 Å². The molecule has 1 saturated heterocycles. The molecule has 2 unspecified atom stereocenters. The van der Waals surface area contributed by atoms with Gasteiger partial charge in [0.2, 0.25) is 0 Å². The number of rotatable bonds is 2. The average Bonchev–Trinajstić information content (AvgIpc) is 2.36. The molecule has 2 atom stereocenters. The van der Waals surface area contributed by atoms with Crippen LogP contribution in [0.4, 0.5) is 0 Å². The second kappa shape index (κ2) is 2.98. The summed E-state index contributed by atoms with van der Waals surface area (Å²) >= 11 is 0. The molecular weight excluding hydrogens is 136 g/mol. The first-order valence-electron chi connectivity index (χ1n) is 4.33. The third-order valence-corrected chi connectivity index (χ3v) is 2.65. The maximum Gasteiger partial charge on any atom is 0.0686 e.